The third-order valence-electron chi connectivity index (χ3n) is 2.38. The number of aliphatic carboxylic acids is 1. The van der Waals surface area contributed by atoms with Gasteiger partial charge >= 0.3 is 5.97 Å². The number of carbonyl (C=O) groups is 1. The minimum atomic E-state index is -0.833. The van der Waals surface area contributed by atoms with E-state index < -0.39 is 11.9 Å². The number of rotatable bonds is 3. The van der Waals surface area contributed by atoms with E-state index in [1.807, 2.05) is 4.57 Å². The fourth-order valence-electron chi connectivity index (χ4n) is 1.71. The van der Waals surface area contributed by atoms with Gasteiger partial charge < -0.3 is 14.4 Å². The molecule has 0 aromatic carbocycles. The first-order valence-corrected chi connectivity index (χ1v) is 4.37. The fraction of sp³-hybridized carbons (Fsp3) is 0.625. The highest BCUT2D eigenvalue weighted by molar-refractivity contribution is 5.75. The zero-order chi connectivity index (χ0) is 10.1. The van der Waals surface area contributed by atoms with Crippen molar-refractivity contribution in [2.24, 2.45) is 0 Å². The van der Waals surface area contributed by atoms with E-state index in [1.165, 1.54) is 0 Å². The summed E-state index contributed by atoms with van der Waals surface area (Å²) >= 11 is 0. The van der Waals surface area contributed by atoms with Gasteiger partial charge in [0, 0.05) is 13.7 Å². The van der Waals surface area contributed by atoms with E-state index in [-0.39, 0.29) is 0 Å². The average molecular weight is 197 g/mol. The van der Waals surface area contributed by atoms with Crippen LogP contribution in [0.5, 0.6) is 0 Å². The number of methoxy groups -OCH3 is 1. The molecule has 0 bridgehead atoms. The highest BCUT2D eigenvalue weighted by Crippen LogP contribution is 2.27. The normalized spacial score (nSPS) is 19.6. The predicted octanol–water partition coefficient (Wildman–Crippen LogP) is -0.00360. The van der Waals surface area contributed by atoms with Crippen LogP contribution in [-0.2, 0) is 22.7 Å². The Morgan fingerprint density at radius 3 is 3.14 bits per heavy atom. The van der Waals surface area contributed by atoms with Crippen molar-refractivity contribution in [3.05, 3.63) is 11.6 Å². The van der Waals surface area contributed by atoms with E-state index in [0.717, 1.165) is 0 Å². The molecule has 1 atom stereocenters. The molecule has 1 aliphatic rings. The molecule has 0 saturated heterocycles. The standard InChI is InChI=1S/C8H11N3O3/c1-14-4-6-9-10-7-5(8(12)13)2-3-11(6)7/h5H,2-4H2,1H3,(H,12,13). The van der Waals surface area contributed by atoms with Gasteiger partial charge in [-0.3, -0.25) is 4.79 Å². The summed E-state index contributed by atoms with van der Waals surface area (Å²) in [6.45, 7) is 1.04. The van der Waals surface area contributed by atoms with Gasteiger partial charge in [0.1, 0.15) is 18.3 Å². The molecule has 0 saturated carbocycles. The largest absolute Gasteiger partial charge is 0.481 e. The third-order valence-corrected chi connectivity index (χ3v) is 2.38. The molecular formula is C8H11N3O3. The van der Waals surface area contributed by atoms with Crippen LogP contribution < -0.4 is 0 Å². The molecule has 0 spiro atoms. The van der Waals surface area contributed by atoms with Gasteiger partial charge in [-0.2, -0.15) is 0 Å². The quantitative estimate of drug-likeness (QED) is 0.737. The first kappa shape index (κ1) is 9.14. The topological polar surface area (TPSA) is 77.2 Å². The van der Waals surface area contributed by atoms with E-state index in [1.54, 1.807) is 7.11 Å². The maximum Gasteiger partial charge on any atom is 0.314 e. The summed E-state index contributed by atoms with van der Waals surface area (Å²) in [6, 6.07) is 0. The van der Waals surface area contributed by atoms with Crippen LogP contribution in [0.1, 0.15) is 24.0 Å². The Morgan fingerprint density at radius 1 is 1.71 bits per heavy atom. The Bertz CT molecular complexity index is 361. The van der Waals surface area contributed by atoms with Gasteiger partial charge in [0.25, 0.3) is 0 Å². The van der Waals surface area contributed by atoms with Crippen LogP contribution >= 0.6 is 0 Å². The van der Waals surface area contributed by atoms with Crippen molar-refractivity contribution in [2.45, 2.75) is 25.5 Å². The van der Waals surface area contributed by atoms with Crippen LogP contribution in [0.3, 0.4) is 0 Å². The fourth-order valence-corrected chi connectivity index (χ4v) is 1.71. The molecule has 0 amide bonds. The summed E-state index contributed by atoms with van der Waals surface area (Å²) in [5.74, 6) is -0.0935. The number of carboxylic acids is 1. The van der Waals surface area contributed by atoms with Crippen LogP contribution in [-0.4, -0.2) is 33.0 Å². The lowest BCUT2D eigenvalue weighted by molar-refractivity contribution is -0.138. The summed E-state index contributed by atoms with van der Waals surface area (Å²) < 4.78 is 6.76. The number of aromatic nitrogens is 3. The second kappa shape index (κ2) is 3.38. The molecule has 1 unspecified atom stereocenters. The lowest BCUT2D eigenvalue weighted by atomic mass is 10.1. The molecule has 6 nitrogen and oxygen atoms in total. The van der Waals surface area contributed by atoms with Crippen LogP contribution in [0.4, 0.5) is 0 Å². The number of carboxylic acid groups (broad SMARTS) is 1. The molecule has 0 aliphatic carbocycles. The summed E-state index contributed by atoms with van der Waals surface area (Å²) in [5.41, 5.74) is 0. The van der Waals surface area contributed by atoms with Gasteiger partial charge in [-0.25, -0.2) is 0 Å². The van der Waals surface area contributed by atoms with Crippen molar-refractivity contribution in [2.75, 3.05) is 7.11 Å². The summed E-state index contributed by atoms with van der Waals surface area (Å²) in [5, 5.41) is 16.6. The maximum atomic E-state index is 10.8. The Hall–Kier alpha value is -1.43. The number of fused-ring (bicyclic) bond motifs is 1. The molecule has 0 radical (unpaired) electrons. The first-order valence-electron chi connectivity index (χ1n) is 4.37. The highest BCUT2D eigenvalue weighted by Gasteiger charge is 2.32. The van der Waals surface area contributed by atoms with Crippen molar-refractivity contribution in [1.82, 2.24) is 14.8 Å². The minimum Gasteiger partial charge on any atom is -0.481 e. The molecule has 76 valence electrons. The lowest BCUT2D eigenvalue weighted by Gasteiger charge is -1.99. The smallest absolute Gasteiger partial charge is 0.314 e. The summed E-state index contributed by atoms with van der Waals surface area (Å²) in [4.78, 5) is 10.8. The number of nitrogens with zero attached hydrogens (tertiary/aromatic N) is 3. The van der Waals surface area contributed by atoms with Gasteiger partial charge in [-0.15, -0.1) is 10.2 Å². The molecule has 0 fully saturated rings. The van der Waals surface area contributed by atoms with E-state index in [0.29, 0.717) is 31.2 Å². The van der Waals surface area contributed by atoms with Gasteiger partial charge in [0.05, 0.1) is 0 Å². The predicted molar refractivity (Wildman–Crippen MR) is 45.7 cm³/mol. The lowest BCUT2D eigenvalue weighted by Crippen LogP contribution is -2.09. The number of hydrogen-bond donors (Lipinski definition) is 1. The van der Waals surface area contributed by atoms with Crippen LogP contribution in [0.15, 0.2) is 0 Å². The molecular weight excluding hydrogens is 186 g/mol. The molecule has 1 aromatic rings. The van der Waals surface area contributed by atoms with Gasteiger partial charge in [-0.05, 0) is 6.42 Å². The second-order valence-electron chi connectivity index (χ2n) is 3.24. The Morgan fingerprint density at radius 2 is 2.50 bits per heavy atom. The van der Waals surface area contributed by atoms with E-state index in [9.17, 15) is 4.79 Å². The van der Waals surface area contributed by atoms with Gasteiger partial charge in [0.2, 0.25) is 0 Å². The maximum absolute atomic E-state index is 10.8. The van der Waals surface area contributed by atoms with E-state index >= 15 is 0 Å². The minimum absolute atomic E-state index is 0.374. The molecule has 1 aromatic heterocycles. The van der Waals surface area contributed by atoms with Crippen LogP contribution in [0, 0.1) is 0 Å². The zero-order valence-electron chi connectivity index (χ0n) is 7.80. The van der Waals surface area contributed by atoms with Gasteiger partial charge in [-0.1, -0.05) is 0 Å². The van der Waals surface area contributed by atoms with Crippen molar-refractivity contribution < 1.29 is 14.6 Å². The molecule has 14 heavy (non-hydrogen) atoms. The van der Waals surface area contributed by atoms with Crippen molar-refractivity contribution in [3.8, 4) is 0 Å². The van der Waals surface area contributed by atoms with Gasteiger partial charge in [0.15, 0.2) is 5.82 Å². The van der Waals surface area contributed by atoms with Crippen LogP contribution in [0.2, 0.25) is 0 Å². The molecule has 1 aliphatic heterocycles. The average Bonchev–Trinajstić information content (AvgIpc) is 2.67. The first-order chi connectivity index (χ1) is 6.74. The van der Waals surface area contributed by atoms with Crippen molar-refractivity contribution in [3.63, 3.8) is 0 Å². The molecule has 2 rings (SSSR count). The summed E-state index contributed by atoms with van der Waals surface area (Å²) in [6.07, 6.45) is 0.594. The highest BCUT2D eigenvalue weighted by atomic mass is 16.5. The number of hydrogen-bond acceptors (Lipinski definition) is 4. The summed E-state index contributed by atoms with van der Waals surface area (Å²) in [7, 11) is 1.57. The third kappa shape index (κ3) is 1.27. The van der Waals surface area contributed by atoms with E-state index in [4.69, 9.17) is 9.84 Å². The second-order valence-corrected chi connectivity index (χ2v) is 3.24. The van der Waals surface area contributed by atoms with Crippen molar-refractivity contribution >= 4 is 5.97 Å². The van der Waals surface area contributed by atoms with Crippen LogP contribution in [0.25, 0.3) is 0 Å². The Balaban J connectivity index is 2.29. The molecule has 1 N–H and O–H groups in total. The Kier molecular flexibility index (Phi) is 2.20. The van der Waals surface area contributed by atoms with Crippen molar-refractivity contribution in [1.29, 1.82) is 0 Å². The molecule has 6 heteroatoms. The monoisotopic (exact) mass is 197 g/mol. The molecule has 2 heterocycles. The number of ether oxygens (including phenoxy) is 1. The SMILES string of the molecule is COCc1nnc2n1CCC2C(=O)O. The zero-order valence-corrected chi connectivity index (χ0v) is 7.80. The van der Waals surface area contributed by atoms with E-state index in [2.05, 4.69) is 10.2 Å². The Labute approximate surface area is 80.5 Å².